The quantitative estimate of drug-likeness (QED) is 0.717. The van der Waals surface area contributed by atoms with Crippen molar-refractivity contribution in [2.75, 3.05) is 32.2 Å². The standard InChI is InChI=1S/C10H17N3O2/c1-4-14-5-6-15-10-8(2)9(11-3)12-7-13-10/h7H,4-6H2,1-3H3,(H,11,12,13). The summed E-state index contributed by atoms with van der Waals surface area (Å²) < 4.78 is 10.6. The fourth-order valence-corrected chi connectivity index (χ4v) is 1.17. The summed E-state index contributed by atoms with van der Waals surface area (Å²) in [5, 5.41) is 2.97. The van der Waals surface area contributed by atoms with Gasteiger partial charge in [0.15, 0.2) is 0 Å². The Kier molecular flexibility index (Phi) is 4.83. The van der Waals surface area contributed by atoms with Crippen LogP contribution in [0.15, 0.2) is 6.33 Å². The van der Waals surface area contributed by atoms with Gasteiger partial charge in [-0.3, -0.25) is 0 Å². The minimum atomic E-state index is 0.509. The molecule has 0 aromatic carbocycles. The third-order valence-corrected chi connectivity index (χ3v) is 1.95. The molecule has 0 radical (unpaired) electrons. The number of nitrogens with zero attached hydrogens (tertiary/aromatic N) is 2. The predicted octanol–water partition coefficient (Wildman–Crippen LogP) is 1.24. The van der Waals surface area contributed by atoms with Crippen molar-refractivity contribution in [3.05, 3.63) is 11.9 Å². The lowest BCUT2D eigenvalue weighted by Crippen LogP contribution is -2.09. The van der Waals surface area contributed by atoms with E-state index in [4.69, 9.17) is 9.47 Å². The van der Waals surface area contributed by atoms with Gasteiger partial charge in [0.25, 0.3) is 0 Å². The lowest BCUT2D eigenvalue weighted by Gasteiger charge is -2.09. The highest BCUT2D eigenvalue weighted by atomic mass is 16.5. The molecular weight excluding hydrogens is 194 g/mol. The average molecular weight is 211 g/mol. The average Bonchev–Trinajstić information content (AvgIpc) is 2.26. The first kappa shape index (κ1) is 11.7. The number of aromatic nitrogens is 2. The van der Waals surface area contributed by atoms with Gasteiger partial charge in [0, 0.05) is 13.7 Å². The molecule has 1 aromatic heterocycles. The maximum Gasteiger partial charge on any atom is 0.221 e. The van der Waals surface area contributed by atoms with Crippen LogP contribution >= 0.6 is 0 Å². The lowest BCUT2D eigenvalue weighted by molar-refractivity contribution is 0.108. The van der Waals surface area contributed by atoms with E-state index in [2.05, 4.69) is 15.3 Å². The molecule has 5 nitrogen and oxygen atoms in total. The number of ether oxygens (including phenoxy) is 2. The molecule has 0 spiro atoms. The van der Waals surface area contributed by atoms with Gasteiger partial charge < -0.3 is 14.8 Å². The van der Waals surface area contributed by atoms with Crippen molar-refractivity contribution in [2.24, 2.45) is 0 Å². The summed E-state index contributed by atoms with van der Waals surface area (Å²) >= 11 is 0. The van der Waals surface area contributed by atoms with Crippen molar-refractivity contribution in [3.63, 3.8) is 0 Å². The first-order valence-electron chi connectivity index (χ1n) is 4.99. The van der Waals surface area contributed by atoms with Crippen LogP contribution in [0, 0.1) is 6.92 Å². The van der Waals surface area contributed by atoms with Gasteiger partial charge in [-0.1, -0.05) is 0 Å². The van der Waals surface area contributed by atoms with Crippen molar-refractivity contribution in [1.29, 1.82) is 0 Å². The third-order valence-electron chi connectivity index (χ3n) is 1.95. The number of anilines is 1. The molecule has 0 amide bonds. The Hall–Kier alpha value is -1.36. The molecule has 1 aromatic rings. The molecule has 0 saturated heterocycles. The monoisotopic (exact) mass is 211 g/mol. The van der Waals surface area contributed by atoms with Gasteiger partial charge >= 0.3 is 0 Å². The van der Waals surface area contributed by atoms with E-state index in [0.717, 1.165) is 11.4 Å². The van der Waals surface area contributed by atoms with E-state index in [1.165, 1.54) is 6.33 Å². The minimum absolute atomic E-state index is 0.509. The Morgan fingerprint density at radius 3 is 2.80 bits per heavy atom. The zero-order valence-corrected chi connectivity index (χ0v) is 9.41. The van der Waals surface area contributed by atoms with Crippen LogP contribution in [-0.2, 0) is 4.74 Å². The molecule has 1 N–H and O–H groups in total. The van der Waals surface area contributed by atoms with Crippen LogP contribution < -0.4 is 10.1 Å². The number of nitrogens with one attached hydrogen (secondary N) is 1. The van der Waals surface area contributed by atoms with E-state index in [0.29, 0.717) is 25.7 Å². The number of rotatable bonds is 6. The molecule has 0 unspecified atom stereocenters. The summed E-state index contributed by atoms with van der Waals surface area (Å²) in [4.78, 5) is 8.12. The van der Waals surface area contributed by atoms with Crippen LogP contribution in [0.3, 0.4) is 0 Å². The minimum Gasteiger partial charge on any atom is -0.475 e. The molecule has 0 atom stereocenters. The van der Waals surface area contributed by atoms with Crippen molar-refractivity contribution in [2.45, 2.75) is 13.8 Å². The molecular formula is C10H17N3O2. The molecule has 0 bridgehead atoms. The van der Waals surface area contributed by atoms with E-state index in [-0.39, 0.29) is 0 Å². The highest BCUT2D eigenvalue weighted by molar-refractivity contribution is 5.46. The van der Waals surface area contributed by atoms with E-state index < -0.39 is 0 Å². The van der Waals surface area contributed by atoms with Gasteiger partial charge in [-0.15, -0.1) is 0 Å². The van der Waals surface area contributed by atoms with Gasteiger partial charge in [0.1, 0.15) is 18.8 Å². The Morgan fingerprint density at radius 1 is 1.33 bits per heavy atom. The Morgan fingerprint density at radius 2 is 2.13 bits per heavy atom. The number of hydrogen-bond acceptors (Lipinski definition) is 5. The highest BCUT2D eigenvalue weighted by Crippen LogP contribution is 2.19. The van der Waals surface area contributed by atoms with E-state index in [1.54, 1.807) is 0 Å². The molecule has 1 heterocycles. The third kappa shape index (κ3) is 3.36. The second-order valence-electron chi connectivity index (χ2n) is 2.95. The maximum atomic E-state index is 5.47. The maximum absolute atomic E-state index is 5.47. The molecule has 0 saturated carbocycles. The van der Waals surface area contributed by atoms with Gasteiger partial charge in [0.05, 0.1) is 12.2 Å². The summed E-state index contributed by atoms with van der Waals surface area (Å²) in [7, 11) is 1.82. The molecule has 0 aliphatic heterocycles. The van der Waals surface area contributed by atoms with Crippen molar-refractivity contribution in [1.82, 2.24) is 9.97 Å². The van der Waals surface area contributed by atoms with Crippen LogP contribution in [0.1, 0.15) is 12.5 Å². The molecule has 1 rings (SSSR count). The highest BCUT2D eigenvalue weighted by Gasteiger charge is 2.05. The number of hydrogen-bond donors (Lipinski definition) is 1. The summed E-state index contributed by atoms with van der Waals surface area (Å²) in [5.74, 6) is 1.39. The summed E-state index contributed by atoms with van der Waals surface area (Å²) in [6.07, 6.45) is 1.48. The van der Waals surface area contributed by atoms with E-state index in [1.807, 2.05) is 20.9 Å². The largest absolute Gasteiger partial charge is 0.475 e. The molecule has 15 heavy (non-hydrogen) atoms. The van der Waals surface area contributed by atoms with Crippen LogP contribution in [0.5, 0.6) is 5.88 Å². The van der Waals surface area contributed by atoms with Gasteiger partial charge in [-0.25, -0.2) is 9.97 Å². The van der Waals surface area contributed by atoms with Crippen molar-refractivity contribution >= 4 is 5.82 Å². The van der Waals surface area contributed by atoms with Gasteiger partial charge in [-0.05, 0) is 13.8 Å². The van der Waals surface area contributed by atoms with Gasteiger partial charge in [-0.2, -0.15) is 0 Å². The molecule has 5 heteroatoms. The van der Waals surface area contributed by atoms with Gasteiger partial charge in [0.2, 0.25) is 5.88 Å². The SMILES string of the molecule is CCOCCOc1ncnc(NC)c1C. The Balaban J connectivity index is 2.53. The molecule has 84 valence electrons. The van der Waals surface area contributed by atoms with Crippen molar-refractivity contribution in [3.8, 4) is 5.88 Å². The molecule has 0 fully saturated rings. The zero-order valence-electron chi connectivity index (χ0n) is 9.41. The van der Waals surface area contributed by atoms with Crippen LogP contribution in [0.4, 0.5) is 5.82 Å². The van der Waals surface area contributed by atoms with Crippen LogP contribution in [0.25, 0.3) is 0 Å². The second kappa shape index (κ2) is 6.19. The molecule has 0 aliphatic rings. The smallest absolute Gasteiger partial charge is 0.221 e. The Labute approximate surface area is 89.8 Å². The summed E-state index contributed by atoms with van der Waals surface area (Å²) in [6, 6.07) is 0. The fraction of sp³-hybridized carbons (Fsp3) is 0.600. The predicted molar refractivity (Wildman–Crippen MR) is 58.3 cm³/mol. The first-order valence-corrected chi connectivity index (χ1v) is 4.99. The lowest BCUT2D eigenvalue weighted by atomic mass is 10.3. The fourth-order valence-electron chi connectivity index (χ4n) is 1.17. The van der Waals surface area contributed by atoms with Crippen molar-refractivity contribution < 1.29 is 9.47 Å². The van der Waals surface area contributed by atoms with Crippen LogP contribution in [-0.4, -0.2) is 36.8 Å². The van der Waals surface area contributed by atoms with Crippen LogP contribution in [0.2, 0.25) is 0 Å². The topological polar surface area (TPSA) is 56.3 Å². The zero-order chi connectivity index (χ0) is 11.1. The summed E-state index contributed by atoms with van der Waals surface area (Å²) in [5.41, 5.74) is 0.913. The van der Waals surface area contributed by atoms with E-state index in [9.17, 15) is 0 Å². The molecule has 0 aliphatic carbocycles. The van der Waals surface area contributed by atoms with E-state index >= 15 is 0 Å². The Bertz CT molecular complexity index is 305. The summed E-state index contributed by atoms with van der Waals surface area (Å²) in [6.45, 7) is 5.66. The second-order valence-corrected chi connectivity index (χ2v) is 2.95. The first-order chi connectivity index (χ1) is 7.29. The normalized spacial score (nSPS) is 10.1.